The second kappa shape index (κ2) is 11.8. The summed E-state index contributed by atoms with van der Waals surface area (Å²) in [7, 11) is 0. The largest absolute Gasteiger partial charge is 0.426 e. The average molecular weight is 408 g/mol. The lowest BCUT2D eigenvalue weighted by atomic mass is 10.1. The highest BCUT2D eigenvalue weighted by atomic mass is 35.5. The van der Waals surface area contributed by atoms with Crippen LogP contribution < -0.4 is 10.1 Å². The summed E-state index contributed by atoms with van der Waals surface area (Å²) in [4.78, 5) is 24.4. The molecule has 1 unspecified atom stereocenters. The fraction of sp³-hybridized carbons (Fsp3) is 0.333. The predicted molar refractivity (Wildman–Crippen MR) is 113 cm³/mol. The first-order valence-corrected chi connectivity index (χ1v) is 9.89. The number of Topliss-reactive ketones (excluding diaryl/α,β-unsaturated/α-hetero) is 1. The van der Waals surface area contributed by atoms with E-state index in [9.17, 15) is 9.59 Å². The molecule has 2 rings (SSSR count). The van der Waals surface area contributed by atoms with Gasteiger partial charge in [0.2, 0.25) is 0 Å². The highest BCUT2D eigenvalue weighted by Crippen LogP contribution is 2.29. The molecule has 1 atom stereocenters. The second-order valence-electron chi connectivity index (χ2n) is 6.19. The minimum atomic E-state index is -0.367. The molecule has 0 amide bonds. The third-order valence-electron chi connectivity index (χ3n) is 4.06. The number of esters is 1. The molecule has 0 bridgehead atoms. The van der Waals surface area contributed by atoms with Crippen molar-refractivity contribution < 1.29 is 14.3 Å². The topological polar surface area (TPSA) is 55.4 Å². The molecule has 0 aliphatic carbocycles. The molecular formula is C21H26ClNO3S. The molecule has 6 heteroatoms. The Morgan fingerprint density at radius 3 is 2.48 bits per heavy atom. The van der Waals surface area contributed by atoms with Crippen LogP contribution in [0.2, 0.25) is 0 Å². The average Bonchev–Trinajstić information content (AvgIpc) is 2.65. The van der Waals surface area contributed by atoms with Crippen LogP contribution in [0.4, 0.5) is 0 Å². The first kappa shape index (κ1) is 23.2. The highest BCUT2D eigenvalue weighted by Gasteiger charge is 2.12. The summed E-state index contributed by atoms with van der Waals surface area (Å²) in [6.45, 7) is 3.74. The summed E-state index contributed by atoms with van der Waals surface area (Å²) >= 11 is 1.45. The van der Waals surface area contributed by atoms with Crippen LogP contribution in [0.15, 0.2) is 53.4 Å². The number of hydrogen-bond donors (Lipinski definition) is 1. The molecule has 0 radical (unpaired) electrons. The maximum atomic E-state index is 12.4. The van der Waals surface area contributed by atoms with Gasteiger partial charge in [-0.2, -0.15) is 0 Å². The summed E-state index contributed by atoms with van der Waals surface area (Å²) in [5.41, 5.74) is 1.92. The smallest absolute Gasteiger partial charge is 0.308 e. The fourth-order valence-corrected chi connectivity index (χ4v) is 3.13. The van der Waals surface area contributed by atoms with Crippen LogP contribution in [0.5, 0.6) is 5.75 Å². The number of nitrogens with one attached hydrogen (secondary N) is 1. The van der Waals surface area contributed by atoms with Gasteiger partial charge in [-0.3, -0.25) is 9.59 Å². The van der Waals surface area contributed by atoms with Gasteiger partial charge in [0.05, 0.1) is 11.4 Å². The van der Waals surface area contributed by atoms with Crippen molar-refractivity contribution in [2.24, 2.45) is 0 Å². The molecule has 0 aliphatic rings. The van der Waals surface area contributed by atoms with Crippen molar-refractivity contribution in [2.75, 3.05) is 12.8 Å². The van der Waals surface area contributed by atoms with Gasteiger partial charge in [0.1, 0.15) is 5.75 Å². The zero-order valence-electron chi connectivity index (χ0n) is 15.9. The van der Waals surface area contributed by atoms with E-state index >= 15 is 0 Å². The van der Waals surface area contributed by atoms with E-state index in [1.165, 1.54) is 24.2 Å². The quantitative estimate of drug-likeness (QED) is 0.286. The number of hydrogen-bond acceptors (Lipinski definition) is 5. The molecule has 4 nitrogen and oxygen atoms in total. The van der Waals surface area contributed by atoms with E-state index < -0.39 is 0 Å². The SMILES string of the molecule is CSc1cc(C(=O)CNC(C)CCc2ccccc2)ccc1OC(C)=O.Cl. The summed E-state index contributed by atoms with van der Waals surface area (Å²) in [5, 5.41) is 3.29. The zero-order valence-corrected chi connectivity index (χ0v) is 17.5. The lowest BCUT2D eigenvalue weighted by Gasteiger charge is -2.14. The van der Waals surface area contributed by atoms with E-state index in [2.05, 4.69) is 24.4 Å². The number of thioether (sulfide) groups is 1. The molecule has 0 saturated heterocycles. The van der Waals surface area contributed by atoms with Crippen molar-refractivity contribution in [3.8, 4) is 5.75 Å². The fourth-order valence-electron chi connectivity index (χ4n) is 2.58. The van der Waals surface area contributed by atoms with Gasteiger partial charge in [-0.1, -0.05) is 30.3 Å². The van der Waals surface area contributed by atoms with Gasteiger partial charge in [0.25, 0.3) is 0 Å². The molecule has 27 heavy (non-hydrogen) atoms. The molecule has 2 aromatic rings. The number of benzene rings is 2. The minimum absolute atomic E-state index is 0. The number of carbonyl (C=O) groups is 2. The Bertz CT molecular complexity index is 752. The molecule has 1 N–H and O–H groups in total. The van der Waals surface area contributed by atoms with E-state index in [1.807, 2.05) is 24.5 Å². The molecule has 146 valence electrons. The van der Waals surface area contributed by atoms with Gasteiger partial charge >= 0.3 is 5.97 Å². The Kier molecular flexibility index (Phi) is 10.1. The molecule has 2 aromatic carbocycles. The van der Waals surface area contributed by atoms with Gasteiger partial charge < -0.3 is 10.1 Å². The second-order valence-corrected chi connectivity index (χ2v) is 7.04. The van der Waals surface area contributed by atoms with Gasteiger partial charge in [-0.15, -0.1) is 24.2 Å². The van der Waals surface area contributed by atoms with Crippen molar-refractivity contribution >= 4 is 35.9 Å². The van der Waals surface area contributed by atoms with Crippen LogP contribution in [-0.2, 0) is 11.2 Å². The van der Waals surface area contributed by atoms with Crippen molar-refractivity contribution in [3.05, 3.63) is 59.7 Å². The number of carbonyl (C=O) groups excluding carboxylic acids is 2. The normalized spacial score (nSPS) is 11.4. The van der Waals surface area contributed by atoms with Crippen LogP contribution in [0, 0.1) is 0 Å². The first-order chi connectivity index (χ1) is 12.5. The minimum Gasteiger partial charge on any atom is -0.426 e. The third kappa shape index (κ3) is 7.75. The van der Waals surface area contributed by atoms with E-state index in [4.69, 9.17) is 4.74 Å². The summed E-state index contributed by atoms with van der Waals surface area (Å²) < 4.78 is 5.16. The van der Waals surface area contributed by atoms with Crippen molar-refractivity contribution in [3.63, 3.8) is 0 Å². The summed E-state index contributed by atoms with van der Waals surface area (Å²) in [5.74, 6) is 0.153. The Morgan fingerprint density at radius 1 is 1.15 bits per heavy atom. The first-order valence-electron chi connectivity index (χ1n) is 8.66. The number of ketones is 1. The number of aryl methyl sites for hydroxylation is 1. The van der Waals surface area contributed by atoms with E-state index in [1.54, 1.807) is 18.2 Å². The van der Waals surface area contributed by atoms with Crippen LogP contribution in [0.25, 0.3) is 0 Å². The van der Waals surface area contributed by atoms with Crippen LogP contribution in [0.3, 0.4) is 0 Å². The predicted octanol–water partition coefficient (Wildman–Crippen LogP) is 4.55. The van der Waals surface area contributed by atoms with Gasteiger partial charge in [-0.05, 0) is 49.8 Å². The maximum absolute atomic E-state index is 12.4. The maximum Gasteiger partial charge on any atom is 0.308 e. The summed E-state index contributed by atoms with van der Waals surface area (Å²) in [6, 6.07) is 15.7. The number of ether oxygens (including phenoxy) is 1. The Balaban J connectivity index is 0.00000364. The van der Waals surface area contributed by atoms with Gasteiger partial charge in [0, 0.05) is 18.5 Å². The highest BCUT2D eigenvalue weighted by molar-refractivity contribution is 7.98. The third-order valence-corrected chi connectivity index (χ3v) is 4.82. The van der Waals surface area contributed by atoms with Crippen LogP contribution in [-0.4, -0.2) is 30.6 Å². The van der Waals surface area contributed by atoms with Crippen molar-refractivity contribution in [2.45, 2.75) is 37.6 Å². The molecule has 0 aliphatic heterocycles. The van der Waals surface area contributed by atoms with E-state index in [-0.39, 0.29) is 36.7 Å². The Hall–Kier alpha value is -1.82. The lowest BCUT2D eigenvalue weighted by molar-refractivity contribution is -0.132. The number of halogens is 1. The van der Waals surface area contributed by atoms with Crippen LogP contribution >= 0.6 is 24.2 Å². The van der Waals surface area contributed by atoms with Gasteiger partial charge in [-0.25, -0.2) is 0 Å². The molecule has 0 fully saturated rings. The molecule has 0 saturated carbocycles. The van der Waals surface area contributed by atoms with E-state index in [0.717, 1.165) is 17.7 Å². The Morgan fingerprint density at radius 2 is 1.85 bits per heavy atom. The molecule has 0 heterocycles. The van der Waals surface area contributed by atoms with Gasteiger partial charge in [0.15, 0.2) is 5.78 Å². The molecular weight excluding hydrogens is 382 g/mol. The van der Waals surface area contributed by atoms with Crippen molar-refractivity contribution in [1.82, 2.24) is 5.32 Å². The summed E-state index contributed by atoms with van der Waals surface area (Å²) in [6.07, 6.45) is 3.84. The van der Waals surface area contributed by atoms with Crippen molar-refractivity contribution in [1.29, 1.82) is 0 Å². The molecule has 0 aromatic heterocycles. The van der Waals surface area contributed by atoms with Crippen LogP contribution in [0.1, 0.15) is 36.2 Å². The zero-order chi connectivity index (χ0) is 18.9. The monoisotopic (exact) mass is 407 g/mol. The standard InChI is InChI=1S/C21H25NO3S.ClH/c1-15(9-10-17-7-5-4-6-8-17)22-14-19(24)18-11-12-20(25-16(2)23)21(13-18)26-3;/h4-8,11-13,15,22H,9-10,14H2,1-3H3;1H. The lowest BCUT2D eigenvalue weighted by Crippen LogP contribution is -2.31. The molecule has 0 spiro atoms. The van der Waals surface area contributed by atoms with E-state index in [0.29, 0.717) is 11.3 Å². The number of rotatable bonds is 9. The Labute approximate surface area is 171 Å².